The predicted octanol–water partition coefficient (Wildman–Crippen LogP) is 0.964. The number of nitrogens with one attached hydrogen (secondary N) is 2. The molecule has 1 aliphatic carbocycles. The number of hydrogen-bond donors (Lipinski definition) is 3. The Bertz CT molecular complexity index is 296. The first-order valence-electron chi connectivity index (χ1n) is 6.41. The van der Waals surface area contributed by atoms with Gasteiger partial charge >= 0.3 is 12.0 Å². The van der Waals surface area contributed by atoms with E-state index in [1.165, 1.54) is 0 Å². The molecule has 1 unspecified atom stereocenters. The van der Waals surface area contributed by atoms with Gasteiger partial charge in [0.2, 0.25) is 0 Å². The van der Waals surface area contributed by atoms with E-state index in [0.717, 1.165) is 6.42 Å². The van der Waals surface area contributed by atoms with Crippen LogP contribution in [0.3, 0.4) is 0 Å². The number of rotatable bonds is 6. The van der Waals surface area contributed by atoms with Crippen LogP contribution in [0.2, 0.25) is 0 Å². The van der Waals surface area contributed by atoms with E-state index in [1.807, 2.05) is 13.8 Å². The topological polar surface area (TPSA) is 87.7 Å². The number of aliphatic carboxylic acids is 1. The third-order valence-corrected chi connectivity index (χ3v) is 3.12. The molecule has 0 aliphatic heterocycles. The van der Waals surface area contributed by atoms with Crippen molar-refractivity contribution < 1.29 is 19.4 Å². The lowest BCUT2D eigenvalue weighted by Crippen LogP contribution is -2.43. The van der Waals surface area contributed by atoms with Crippen LogP contribution in [0.15, 0.2) is 0 Å². The highest BCUT2D eigenvalue weighted by atomic mass is 16.5. The fraction of sp³-hybridized carbons (Fsp3) is 0.833. The molecule has 104 valence electrons. The van der Waals surface area contributed by atoms with Crippen molar-refractivity contribution in [1.82, 2.24) is 10.6 Å². The third kappa shape index (κ3) is 4.91. The van der Waals surface area contributed by atoms with E-state index in [0.29, 0.717) is 26.0 Å². The number of amides is 2. The van der Waals surface area contributed by atoms with Gasteiger partial charge in [0.15, 0.2) is 0 Å². The maximum Gasteiger partial charge on any atom is 0.315 e. The summed E-state index contributed by atoms with van der Waals surface area (Å²) in [5.41, 5.74) is 0. The Balaban J connectivity index is 2.19. The standard InChI is InChI=1S/C12H22N2O4/c1-3-18-8(2)7-13-12(17)14-10-5-4-9(6-10)11(15)16/h8-10H,3-7H2,1-2H3,(H,15,16)(H2,13,14,17)/t8?,9-,10+/m1/s1. The zero-order valence-electron chi connectivity index (χ0n) is 10.9. The van der Waals surface area contributed by atoms with Gasteiger partial charge in [0.25, 0.3) is 0 Å². The maximum atomic E-state index is 11.6. The molecule has 3 atom stereocenters. The minimum atomic E-state index is -0.773. The van der Waals surface area contributed by atoms with Gasteiger partial charge in [-0.05, 0) is 33.1 Å². The zero-order chi connectivity index (χ0) is 13.5. The lowest BCUT2D eigenvalue weighted by atomic mass is 10.1. The Kier molecular flexibility index (Phi) is 5.91. The molecule has 0 spiro atoms. The lowest BCUT2D eigenvalue weighted by molar-refractivity contribution is -0.141. The van der Waals surface area contributed by atoms with Crippen molar-refractivity contribution in [3.8, 4) is 0 Å². The molecule has 0 saturated heterocycles. The van der Waals surface area contributed by atoms with Gasteiger partial charge in [0.1, 0.15) is 0 Å². The second-order valence-electron chi connectivity index (χ2n) is 4.67. The van der Waals surface area contributed by atoms with Crippen molar-refractivity contribution in [2.75, 3.05) is 13.2 Å². The zero-order valence-corrected chi connectivity index (χ0v) is 10.9. The van der Waals surface area contributed by atoms with Gasteiger partial charge in [-0.2, -0.15) is 0 Å². The Morgan fingerprint density at radius 1 is 1.44 bits per heavy atom. The third-order valence-electron chi connectivity index (χ3n) is 3.12. The second-order valence-corrected chi connectivity index (χ2v) is 4.67. The molecule has 6 heteroatoms. The highest BCUT2D eigenvalue weighted by molar-refractivity contribution is 5.75. The largest absolute Gasteiger partial charge is 0.481 e. The first kappa shape index (κ1) is 14.8. The Labute approximate surface area is 107 Å². The van der Waals surface area contributed by atoms with Gasteiger partial charge in [-0.15, -0.1) is 0 Å². The molecule has 0 aromatic carbocycles. The fourth-order valence-corrected chi connectivity index (χ4v) is 2.15. The minimum Gasteiger partial charge on any atom is -0.481 e. The van der Waals surface area contributed by atoms with Crippen LogP contribution < -0.4 is 10.6 Å². The number of ether oxygens (including phenoxy) is 1. The fourth-order valence-electron chi connectivity index (χ4n) is 2.15. The van der Waals surface area contributed by atoms with Crippen LogP contribution in [0.4, 0.5) is 4.79 Å². The number of carbonyl (C=O) groups is 2. The van der Waals surface area contributed by atoms with Crippen molar-refractivity contribution in [3.63, 3.8) is 0 Å². The monoisotopic (exact) mass is 258 g/mol. The van der Waals surface area contributed by atoms with Crippen LogP contribution in [-0.4, -0.2) is 42.4 Å². The van der Waals surface area contributed by atoms with Gasteiger partial charge in [0.05, 0.1) is 12.0 Å². The van der Waals surface area contributed by atoms with E-state index in [9.17, 15) is 9.59 Å². The smallest absolute Gasteiger partial charge is 0.315 e. The summed E-state index contributed by atoms with van der Waals surface area (Å²) in [6, 6.07) is -0.286. The van der Waals surface area contributed by atoms with Crippen molar-refractivity contribution in [2.24, 2.45) is 5.92 Å². The van der Waals surface area contributed by atoms with Crippen LogP contribution >= 0.6 is 0 Å². The van der Waals surface area contributed by atoms with E-state index < -0.39 is 5.97 Å². The normalized spacial score (nSPS) is 24.6. The van der Waals surface area contributed by atoms with E-state index in [2.05, 4.69) is 10.6 Å². The summed E-state index contributed by atoms with van der Waals surface area (Å²) in [6.07, 6.45) is 1.86. The van der Waals surface area contributed by atoms with E-state index in [-0.39, 0.29) is 24.1 Å². The minimum absolute atomic E-state index is 0.0175. The highest BCUT2D eigenvalue weighted by Crippen LogP contribution is 2.25. The Morgan fingerprint density at radius 2 is 2.17 bits per heavy atom. The average Bonchev–Trinajstić information content (AvgIpc) is 2.75. The molecule has 0 radical (unpaired) electrons. The first-order valence-corrected chi connectivity index (χ1v) is 6.41. The van der Waals surface area contributed by atoms with Gasteiger partial charge in [-0.25, -0.2) is 4.79 Å². The molecule has 3 N–H and O–H groups in total. The molecule has 2 amide bonds. The lowest BCUT2D eigenvalue weighted by Gasteiger charge is -2.16. The summed E-state index contributed by atoms with van der Waals surface area (Å²) in [5, 5.41) is 14.4. The summed E-state index contributed by atoms with van der Waals surface area (Å²) < 4.78 is 5.29. The molecular weight excluding hydrogens is 236 g/mol. The first-order chi connectivity index (χ1) is 8.52. The number of hydrogen-bond acceptors (Lipinski definition) is 3. The van der Waals surface area contributed by atoms with Crippen molar-refractivity contribution in [2.45, 2.75) is 45.3 Å². The van der Waals surface area contributed by atoms with Crippen molar-refractivity contribution >= 4 is 12.0 Å². The van der Waals surface area contributed by atoms with Crippen LogP contribution in [0.25, 0.3) is 0 Å². The van der Waals surface area contributed by atoms with Crippen molar-refractivity contribution in [3.05, 3.63) is 0 Å². The molecule has 1 saturated carbocycles. The number of carboxylic acids is 1. The van der Waals surface area contributed by atoms with E-state index in [1.54, 1.807) is 0 Å². The molecule has 6 nitrogen and oxygen atoms in total. The summed E-state index contributed by atoms with van der Waals surface area (Å²) in [5.74, 6) is -1.10. The quantitative estimate of drug-likeness (QED) is 0.662. The molecule has 1 aliphatic rings. The molecule has 1 rings (SSSR count). The summed E-state index contributed by atoms with van der Waals surface area (Å²) in [7, 11) is 0. The van der Waals surface area contributed by atoms with E-state index >= 15 is 0 Å². The number of carboxylic acid groups (broad SMARTS) is 1. The SMILES string of the molecule is CCOC(C)CNC(=O)N[C@H]1CC[C@@H](C(=O)O)C1. The van der Waals surface area contributed by atoms with Crippen LogP contribution in [0, 0.1) is 5.92 Å². The summed E-state index contributed by atoms with van der Waals surface area (Å²) in [6.45, 7) is 4.86. The highest BCUT2D eigenvalue weighted by Gasteiger charge is 2.30. The van der Waals surface area contributed by atoms with Crippen LogP contribution in [0.1, 0.15) is 33.1 Å². The average molecular weight is 258 g/mol. The summed E-state index contributed by atoms with van der Waals surface area (Å²) in [4.78, 5) is 22.3. The second kappa shape index (κ2) is 7.20. The van der Waals surface area contributed by atoms with Gasteiger partial charge in [-0.3, -0.25) is 4.79 Å². The van der Waals surface area contributed by atoms with Crippen molar-refractivity contribution in [1.29, 1.82) is 0 Å². The molecule has 1 fully saturated rings. The summed E-state index contributed by atoms with van der Waals surface area (Å²) >= 11 is 0. The Hall–Kier alpha value is -1.30. The molecular formula is C12H22N2O4. The molecule has 0 aromatic heterocycles. The molecule has 0 bridgehead atoms. The van der Waals surface area contributed by atoms with E-state index in [4.69, 9.17) is 9.84 Å². The van der Waals surface area contributed by atoms with Gasteiger partial charge in [-0.1, -0.05) is 0 Å². The van der Waals surface area contributed by atoms with Crippen LogP contribution in [-0.2, 0) is 9.53 Å². The molecule has 18 heavy (non-hydrogen) atoms. The van der Waals surface area contributed by atoms with Gasteiger partial charge < -0.3 is 20.5 Å². The Morgan fingerprint density at radius 3 is 2.72 bits per heavy atom. The van der Waals surface area contributed by atoms with Crippen LogP contribution in [0.5, 0.6) is 0 Å². The number of urea groups is 1. The van der Waals surface area contributed by atoms with Gasteiger partial charge in [0, 0.05) is 19.2 Å². The molecule has 0 heterocycles. The number of carbonyl (C=O) groups excluding carboxylic acids is 1. The maximum absolute atomic E-state index is 11.6. The predicted molar refractivity (Wildman–Crippen MR) is 66.4 cm³/mol. The molecule has 0 aromatic rings.